The van der Waals surface area contributed by atoms with Crippen molar-refractivity contribution in [1.82, 2.24) is 4.57 Å². The number of ether oxygens (including phenoxy) is 1. The molecule has 9 nitrogen and oxygen atoms in total. The van der Waals surface area contributed by atoms with E-state index in [2.05, 4.69) is 4.99 Å². The van der Waals surface area contributed by atoms with Crippen LogP contribution in [0.25, 0.3) is 10.2 Å². The Morgan fingerprint density at radius 3 is 2.40 bits per heavy atom. The van der Waals surface area contributed by atoms with Crippen LogP contribution in [0.15, 0.2) is 52.4 Å². The summed E-state index contributed by atoms with van der Waals surface area (Å²) >= 11 is 1.08. The number of sulfonamides is 1. The van der Waals surface area contributed by atoms with Gasteiger partial charge in [0.25, 0.3) is 5.91 Å². The molecule has 158 valence electrons. The molecule has 3 rings (SSSR count). The number of carbonyl (C=O) groups is 2. The van der Waals surface area contributed by atoms with Crippen molar-refractivity contribution >= 4 is 49.1 Å². The second-order valence-corrected chi connectivity index (χ2v) is 9.15. The predicted octanol–water partition coefficient (Wildman–Crippen LogP) is 1.33. The largest absolute Gasteiger partial charge is 0.468 e. The summed E-state index contributed by atoms with van der Waals surface area (Å²) in [6.45, 7) is -0.184. The van der Waals surface area contributed by atoms with E-state index in [-0.39, 0.29) is 16.2 Å². The zero-order valence-corrected chi connectivity index (χ0v) is 18.2. The highest BCUT2D eigenvalue weighted by Crippen LogP contribution is 2.21. The molecule has 2 N–H and O–H groups in total. The van der Waals surface area contributed by atoms with Gasteiger partial charge in [-0.15, -0.1) is 0 Å². The molecular weight excluding hydrogens is 428 g/mol. The third-order valence-electron chi connectivity index (χ3n) is 4.33. The van der Waals surface area contributed by atoms with Crippen molar-refractivity contribution in [3.8, 4) is 0 Å². The maximum Gasteiger partial charge on any atom is 0.325 e. The molecule has 0 radical (unpaired) electrons. The van der Waals surface area contributed by atoms with Gasteiger partial charge >= 0.3 is 5.97 Å². The second-order valence-electron chi connectivity index (χ2n) is 6.58. The monoisotopic (exact) mass is 448 g/mol. The lowest BCUT2D eigenvalue weighted by Crippen LogP contribution is -2.22. The smallest absolute Gasteiger partial charge is 0.325 e. The highest BCUT2D eigenvalue weighted by Gasteiger charge is 2.15. The van der Waals surface area contributed by atoms with Crippen molar-refractivity contribution in [2.45, 2.75) is 11.4 Å². The zero-order chi connectivity index (χ0) is 22.1. The van der Waals surface area contributed by atoms with Gasteiger partial charge in [0, 0.05) is 25.3 Å². The van der Waals surface area contributed by atoms with Gasteiger partial charge in [-0.2, -0.15) is 4.99 Å². The van der Waals surface area contributed by atoms with E-state index in [1.165, 1.54) is 29.9 Å². The van der Waals surface area contributed by atoms with Crippen molar-refractivity contribution in [1.29, 1.82) is 0 Å². The number of nitrogens with two attached hydrogens (primary N) is 1. The third kappa shape index (κ3) is 4.58. The summed E-state index contributed by atoms with van der Waals surface area (Å²) in [7, 11) is 1.14. The normalized spacial score (nSPS) is 12.2. The summed E-state index contributed by atoms with van der Waals surface area (Å²) in [4.78, 5) is 30.8. The average Bonchev–Trinajstić information content (AvgIpc) is 3.03. The van der Waals surface area contributed by atoms with E-state index in [0.29, 0.717) is 15.8 Å². The van der Waals surface area contributed by atoms with Crippen molar-refractivity contribution in [3.63, 3.8) is 0 Å². The molecule has 0 aliphatic carbocycles. The van der Waals surface area contributed by atoms with Gasteiger partial charge in [-0.1, -0.05) is 11.3 Å². The zero-order valence-electron chi connectivity index (χ0n) is 16.5. The SMILES string of the molecule is COC(=O)Cn1c(=NC(=O)c2ccc(N(C)C)cc2)sc2cc(S(N)(=O)=O)ccc21. The van der Waals surface area contributed by atoms with Gasteiger partial charge in [0.05, 0.1) is 22.2 Å². The van der Waals surface area contributed by atoms with E-state index in [9.17, 15) is 18.0 Å². The lowest BCUT2D eigenvalue weighted by Gasteiger charge is -2.11. The molecule has 3 aromatic rings. The first-order chi connectivity index (χ1) is 14.1. The molecule has 0 aliphatic rings. The number of esters is 1. The number of aromatic nitrogens is 1. The van der Waals surface area contributed by atoms with Crippen LogP contribution in [0.4, 0.5) is 5.69 Å². The van der Waals surface area contributed by atoms with Crippen LogP contribution in [0.2, 0.25) is 0 Å². The number of thiazole rings is 1. The van der Waals surface area contributed by atoms with Crippen LogP contribution in [0.3, 0.4) is 0 Å². The first-order valence-corrected chi connectivity index (χ1v) is 11.1. The first-order valence-electron chi connectivity index (χ1n) is 8.69. The van der Waals surface area contributed by atoms with Crippen molar-refractivity contribution in [3.05, 3.63) is 52.8 Å². The van der Waals surface area contributed by atoms with Crippen LogP contribution < -0.4 is 14.8 Å². The van der Waals surface area contributed by atoms with Gasteiger partial charge in [0.15, 0.2) is 4.80 Å². The topological polar surface area (TPSA) is 124 Å². The van der Waals surface area contributed by atoms with E-state index < -0.39 is 21.9 Å². The highest BCUT2D eigenvalue weighted by atomic mass is 32.2. The van der Waals surface area contributed by atoms with Gasteiger partial charge in [0.2, 0.25) is 10.0 Å². The minimum Gasteiger partial charge on any atom is -0.468 e. The molecule has 0 aliphatic heterocycles. The number of nitrogens with zero attached hydrogens (tertiary/aromatic N) is 3. The molecular formula is C19H20N4O5S2. The fourth-order valence-corrected chi connectivity index (χ4v) is 4.40. The molecule has 0 bridgehead atoms. The van der Waals surface area contributed by atoms with E-state index in [4.69, 9.17) is 9.88 Å². The Morgan fingerprint density at radius 2 is 1.83 bits per heavy atom. The number of hydrogen-bond donors (Lipinski definition) is 1. The van der Waals surface area contributed by atoms with Crippen molar-refractivity contribution < 1.29 is 22.7 Å². The number of anilines is 1. The number of benzene rings is 2. The molecule has 30 heavy (non-hydrogen) atoms. The van der Waals surface area contributed by atoms with Gasteiger partial charge in [-0.25, -0.2) is 13.6 Å². The Labute approximate surface area is 177 Å². The van der Waals surface area contributed by atoms with E-state index in [1.54, 1.807) is 24.3 Å². The number of amides is 1. The number of fused-ring (bicyclic) bond motifs is 1. The van der Waals surface area contributed by atoms with E-state index in [0.717, 1.165) is 17.0 Å². The third-order valence-corrected chi connectivity index (χ3v) is 6.28. The molecule has 0 unspecified atom stereocenters. The molecule has 0 saturated heterocycles. The standard InChI is InChI=1S/C19H20N4O5S2/c1-22(2)13-6-4-12(5-7-13)18(25)21-19-23(11-17(24)28-3)15-9-8-14(30(20,26)27)10-16(15)29-19/h4-10H,11H2,1-3H3,(H2,20,26,27). The fourth-order valence-electron chi connectivity index (χ4n) is 2.72. The molecule has 1 amide bonds. The number of carbonyl (C=O) groups excluding carboxylic acids is 2. The summed E-state index contributed by atoms with van der Waals surface area (Å²) in [5.74, 6) is -1.02. The lowest BCUT2D eigenvalue weighted by atomic mass is 10.2. The van der Waals surface area contributed by atoms with Gasteiger partial charge < -0.3 is 14.2 Å². The van der Waals surface area contributed by atoms with Crippen LogP contribution in [-0.4, -0.2) is 46.1 Å². The molecule has 0 fully saturated rings. The predicted molar refractivity (Wildman–Crippen MR) is 114 cm³/mol. The van der Waals surface area contributed by atoms with Gasteiger partial charge in [-0.05, 0) is 42.5 Å². The molecule has 0 saturated carbocycles. The Kier molecular flexibility index (Phi) is 6.06. The lowest BCUT2D eigenvalue weighted by molar-refractivity contribution is -0.141. The molecule has 0 atom stereocenters. The summed E-state index contributed by atoms with van der Waals surface area (Å²) in [5, 5.41) is 5.20. The Hall–Kier alpha value is -3.02. The van der Waals surface area contributed by atoms with E-state index in [1.807, 2.05) is 19.0 Å². The molecule has 1 aromatic heterocycles. The number of primary sulfonamides is 1. The number of hydrogen-bond acceptors (Lipinski definition) is 7. The summed E-state index contributed by atoms with van der Waals surface area (Å²) in [5.41, 5.74) is 1.85. The minimum absolute atomic E-state index is 0.0707. The summed E-state index contributed by atoms with van der Waals surface area (Å²) < 4.78 is 30.0. The highest BCUT2D eigenvalue weighted by molar-refractivity contribution is 7.89. The van der Waals surface area contributed by atoms with Gasteiger partial charge in [0.1, 0.15) is 6.54 Å². The number of methoxy groups -OCH3 is 1. The fraction of sp³-hybridized carbons (Fsp3) is 0.211. The van der Waals surface area contributed by atoms with Crippen molar-refractivity contribution in [2.75, 3.05) is 26.1 Å². The Bertz CT molecular complexity index is 1290. The Balaban J connectivity index is 2.13. The molecule has 11 heteroatoms. The second kappa shape index (κ2) is 8.38. The van der Waals surface area contributed by atoms with Crippen LogP contribution in [0.5, 0.6) is 0 Å². The maximum atomic E-state index is 12.7. The molecule has 1 heterocycles. The van der Waals surface area contributed by atoms with Gasteiger partial charge in [-0.3, -0.25) is 9.59 Å². The van der Waals surface area contributed by atoms with Crippen molar-refractivity contribution in [2.24, 2.45) is 10.1 Å². The molecule has 0 spiro atoms. The van der Waals surface area contributed by atoms with Crippen LogP contribution in [-0.2, 0) is 26.1 Å². The average molecular weight is 449 g/mol. The molecule has 2 aromatic carbocycles. The number of rotatable bonds is 5. The summed E-state index contributed by atoms with van der Waals surface area (Å²) in [6.07, 6.45) is 0. The summed E-state index contributed by atoms with van der Waals surface area (Å²) in [6, 6.07) is 11.2. The van der Waals surface area contributed by atoms with Crippen LogP contribution in [0, 0.1) is 0 Å². The first kappa shape index (κ1) is 21.7. The van der Waals surface area contributed by atoms with Crippen LogP contribution >= 0.6 is 11.3 Å². The Morgan fingerprint density at radius 1 is 1.17 bits per heavy atom. The van der Waals surface area contributed by atoms with Crippen LogP contribution in [0.1, 0.15) is 10.4 Å². The minimum atomic E-state index is -3.90. The maximum absolute atomic E-state index is 12.7. The quantitative estimate of drug-likeness (QED) is 0.587. The van der Waals surface area contributed by atoms with E-state index >= 15 is 0 Å².